The zero-order valence-corrected chi connectivity index (χ0v) is 11.2. The number of carbonyl (C=O) groups excluding carboxylic acids is 1. The van der Waals surface area contributed by atoms with E-state index >= 15 is 0 Å². The molecule has 0 spiro atoms. The lowest BCUT2D eigenvalue weighted by Crippen LogP contribution is -2.14. The summed E-state index contributed by atoms with van der Waals surface area (Å²) < 4.78 is 4.96. The molecule has 1 aromatic carbocycles. The lowest BCUT2D eigenvalue weighted by molar-refractivity contribution is -0.139. The summed E-state index contributed by atoms with van der Waals surface area (Å²) in [5, 5.41) is 11.4. The summed E-state index contributed by atoms with van der Waals surface area (Å²) in [7, 11) is 0. The molecule has 1 aromatic rings. The quantitative estimate of drug-likeness (QED) is 0.839. The number of benzene rings is 1. The van der Waals surface area contributed by atoms with Crippen molar-refractivity contribution in [2.45, 2.75) is 0 Å². The molecule has 0 unspecified atom stereocenters. The molecule has 0 fully saturated rings. The lowest BCUT2D eigenvalue weighted by atomic mass is 10.3. The van der Waals surface area contributed by atoms with Crippen LogP contribution in [-0.2, 0) is 9.59 Å². The number of nitrogens with one attached hydrogen (secondary N) is 1. The van der Waals surface area contributed by atoms with E-state index in [1.165, 1.54) is 23.9 Å². The monoisotopic (exact) mass is 289 g/mol. The van der Waals surface area contributed by atoms with E-state index in [9.17, 15) is 9.59 Å². The first-order chi connectivity index (χ1) is 8.52. The average Bonchev–Trinajstić information content (AvgIpc) is 2.28. The summed E-state index contributed by atoms with van der Waals surface area (Å²) in [6.07, 6.45) is 1.83. The number of aliphatic carboxylic acids is 1. The van der Waals surface area contributed by atoms with Crippen LogP contribution >= 0.6 is 23.4 Å². The molecule has 0 bridgehead atoms. The van der Waals surface area contributed by atoms with Gasteiger partial charge in [0.1, 0.15) is 5.75 Å². The number of hydrogen-bond acceptors (Lipinski definition) is 4. The van der Waals surface area contributed by atoms with Crippen LogP contribution < -0.4 is 10.1 Å². The molecule has 7 heteroatoms. The molecule has 1 rings (SSSR count). The molecule has 1 amide bonds. The molecule has 18 heavy (non-hydrogen) atoms. The maximum atomic E-state index is 11.3. The van der Waals surface area contributed by atoms with Gasteiger partial charge in [-0.15, -0.1) is 0 Å². The highest BCUT2D eigenvalue weighted by molar-refractivity contribution is 7.99. The Kier molecular flexibility index (Phi) is 5.80. The number of carboxylic acid groups (broad SMARTS) is 1. The molecule has 0 saturated carbocycles. The molecule has 0 heterocycles. The summed E-state index contributed by atoms with van der Waals surface area (Å²) in [5.41, 5.74) is 0.543. The molecular weight excluding hydrogens is 278 g/mol. The number of carboxylic acids is 1. The standard InChI is InChI=1S/C11H12ClNO4S/c1-18-6-10(14)13-7-2-3-9(8(12)4-7)17-5-11(15)16/h2-4H,5-6H2,1H3,(H,13,14)(H,15,16). The third kappa shape index (κ3) is 4.85. The van der Waals surface area contributed by atoms with Crippen molar-refractivity contribution in [1.29, 1.82) is 0 Å². The summed E-state index contributed by atoms with van der Waals surface area (Å²) in [6, 6.07) is 4.62. The molecule has 5 nitrogen and oxygen atoms in total. The van der Waals surface area contributed by atoms with Crippen molar-refractivity contribution in [3.63, 3.8) is 0 Å². The Morgan fingerprint density at radius 2 is 2.22 bits per heavy atom. The Hall–Kier alpha value is -1.40. The molecule has 0 aliphatic heterocycles. The van der Waals surface area contributed by atoms with Crippen LogP contribution in [0.4, 0.5) is 5.69 Å². The smallest absolute Gasteiger partial charge is 0.341 e. The first-order valence-corrected chi connectivity index (χ1v) is 6.73. The largest absolute Gasteiger partial charge is 0.480 e. The van der Waals surface area contributed by atoms with Crippen molar-refractivity contribution in [2.75, 3.05) is 23.9 Å². The summed E-state index contributed by atoms with van der Waals surface area (Å²) >= 11 is 7.31. The van der Waals surface area contributed by atoms with Gasteiger partial charge in [-0.25, -0.2) is 4.79 Å². The fraction of sp³-hybridized carbons (Fsp3) is 0.273. The molecule has 0 aliphatic carbocycles. The van der Waals surface area contributed by atoms with Crippen molar-refractivity contribution >= 4 is 40.9 Å². The Balaban J connectivity index is 2.67. The molecule has 0 aliphatic rings. The van der Waals surface area contributed by atoms with E-state index in [1.807, 2.05) is 6.26 Å². The van der Waals surface area contributed by atoms with E-state index in [0.717, 1.165) is 0 Å². The van der Waals surface area contributed by atoms with E-state index in [0.29, 0.717) is 11.4 Å². The second kappa shape index (κ2) is 7.13. The van der Waals surface area contributed by atoms with Crippen LogP contribution in [0.2, 0.25) is 5.02 Å². The zero-order valence-electron chi connectivity index (χ0n) is 9.60. The third-order valence-electron chi connectivity index (χ3n) is 1.84. The molecular formula is C11H12ClNO4S. The molecule has 2 N–H and O–H groups in total. The molecule has 98 valence electrons. The van der Waals surface area contributed by atoms with Crippen molar-refractivity contribution in [2.24, 2.45) is 0 Å². The van der Waals surface area contributed by atoms with Gasteiger partial charge in [0.05, 0.1) is 10.8 Å². The highest BCUT2D eigenvalue weighted by atomic mass is 35.5. The third-order valence-corrected chi connectivity index (χ3v) is 2.69. The predicted octanol–water partition coefficient (Wildman–Crippen LogP) is 2.10. The number of rotatable bonds is 6. The summed E-state index contributed by atoms with van der Waals surface area (Å²) in [5.74, 6) is -0.586. The van der Waals surface area contributed by atoms with Crippen LogP contribution in [0.5, 0.6) is 5.75 Å². The number of ether oxygens (including phenoxy) is 1. The van der Waals surface area contributed by atoms with Gasteiger partial charge < -0.3 is 15.2 Å². The van der Waals surface area contributed by atoms with Gasteiger partial charge >= 0.3 is 5.97 Å². The fourth-order valence-electron chi connectivity index (χ4n) is 1.16. The van der Waals surface area contributed by atoms with Gasteiger partial charge in [-0.1, -0.05) is 11.6 Å². The highest BCUT2D eigenvalue weighted by Gasteiger charge is 2.07. The highest BCUT2D eigenvalue weighted by Crippen LogP contribution is 2.27. The van der Waals surface area contributed by atoms with Crippen LogP contribution in [0.15, 0.2) is 18.2 Å². The fourth-order valence-corrected chi connectivity index (χ4v) is 1.73. The SMILES string of the molecule is CSCC(=O)Nc1ccc(OCC(=O)O)c(Cl)c1. The van der Waals surface area contributed by atoms with Crippen LogP contribution in [0.1, 0.15) is 0 Å². The topological polar surface area (TPSA) is 75.6 Å². The molecule has 0 radical (unpaired) electrons. The van der Waals surface area contributed by atoms with Crippen LogP contribution in [0, 0.1) is 0 Å². The Morgan fingerprint density at radius 1 is 1.50 bits per heavy atom. The van der Waals surface area contributed by atoms with Crippen LogP contribution in [0.25, 0.3) is 0 Å². The van der Waals surface area contributed by atoms with Crippen molar-refractivity contribution in [3.05, 3.63) is 23.2 Å². The van der Waals surface area contributed by atoms with Gasteiger partial charge in [-0.2, -0.15) is 11.8 Å². The number of hydrogen-bond donors (Lipinski definition) is 2. The Bertz CT molecular complexity index is 453. The normalized spacial score (nSPS) is 9.89. The molecule has 0 aromatic heterocycles. The van der Waals surface area contributed by atoms with Gasteiger partial charge in [0.15, 0.2) is 6.61 Å². The predicted molar refractivity (Wildman–Crippen MR) is 71.6 cm³/mol. The van der Waals surface area contributed by atoms with E-state index in [1.54, 1.807) is 6.07 Å². The number of thioether (sulfide) groups is 1. The first-order valence-electron chi connectivity index (χ1n) is 4.96. The van der Waals surface area contributed by atoms with Gasteiger partial charge in [-0.3, -0.25) is 4.79 Å². The second-order valence-electron chi connectivity index (χ2n) is 3.31. The van der Waals surface area contributed by atoms with E-state index in [2.05, 4.69) is 5.32 Å². The van der Waals surface area contributed by atoms with E-state index < -0.39 is 12.6 Å². The zero-order chi connectivity index (χ0) is 13.5. The summed E-state index contributed by atoms with van der Waals surface area (Å²) in [6.45, 7) is -0.460. The summed E-state index contributed by atoms with van der Waals surface area (Å²) in [4.78, 5) is 21.7. The Morgan fingerprint density at radius 3 is 2.78 bits per heavy atom. The number of anilines is 1. The van der Waals surface area contributed by atoms with E-state index in [-0.39, 0.29) is 16.7 Å². The van der Waals surface area contributed by atoms with Crippen LogP contribution in [-0.4, -0.2) is 35.6 Å². The van der Waals surface area contributed by atoms with Gasteiger partial charge in [0.2, 0.25) is 5.91 Å². The molecule has 0 atom stereocenters. The lowest BCUT2D eigenvalue weighted by Gasteiger charge is -2.08. The average molecular weight is 290 g/mol. The second-order valence-corrected chi connectivity index (χ2v) is 4.58. The van der Waals surface area contributed by atoms with Gasteiger partial charge in [0.25, 0.3) is 0 Å². The van der Waals surface area contributed by atoms with Crippen molar-refractivity contribution in [1.82, 2.24) is 0 Å². The maximum Gasteiger partial charge on any atom is 0.341 e. The minimum atomic E-state index is -1.08. The van der Waals surface area contributed by atoms with Crippen molar-refractivity contribution in [3.8, 4) is 5.75 Å². The molecule has 0 saturated heterocycles. The van der Waals surface area contributed by atoms with Gasteiger partial charge in [-0.05, 0) is 24.5 Å². The minimum absolute atomic E-state index is 0.127. The number of halogens is 1. The minimum Gasteiger partial charge on any atom is -0.480 e. The number of amides is 1. The maximum absolute atomic E-state index is 11.3. The number of carbonyl (C=O) groups is 2. The Labute approximate surface area is 113 Å². The first kappa shape index (κ1) is 14.7. The van der Waals surface area contributed by atoms with Gasteiger partial charge in [0, 0.05) is 5.69 Å². The van der Waals surface area contributed by atoms with E-state index in [4.69, 9.17) is 21.4 Å². The van der Waals surface area contributed by atoms with Crippen molar-refractivity contribution < 1.29 is 19.4 Å². The van der Waals surface area contributed by atoms with Crippen LogP contribution in [0.3, 0.4) is 0 Å².